The molecular formula is C19H24N2O4S. The first-order chi connectivity index (χ1) is 12.2. The lowest BCUT2D eigenvalue weighted by atomic mass is 10.1. The van der Waals surface area contributed by atoms with E-state index in [0.717, 1.165) is 0 Å². The molecule has 0 aromatic heterocycles. The largest absolute Gasteiger partial charge is 0.497 e. The Balaban J connectivity index is 2.20. The summed E-state index contributed by atoms with van der Waals surface area (Å²) in [5.41, 5.74) is 0.712. The summed E-state index contributed by atoms with van der Waals surface area (Å²) in [4.78, 5) is 12.4. The average molecular weight is 376 g/mol. The van der Waals surface area contributed by atoms with Gasteiger partial charge in [0.25, 0.3) is 15.9 Å². The van der Waals surface area contributed by atoms with Crippen molar-refractivity contribution in [3.63, 3.8) is 0 Å². The number of amides is 1. The van der Waals surface area contributed by atoms with Crippen molar-refractivity contribution in [3.8, 4) is 5.75 Å². The summed E-state index contributed by atoms with van der Waals surface area (Å²) in [5.74, 6) is 0.612. The van der Waals surface area contributed by atoms with Gasteiger partial charge in [0.1, 0.15) is 5.75 Å². The highest BCUT2D eigenvalue weighted by molar-refractivity contribution is 7.92. The third-order valence-electron chi connectivity index (χ3n) is 4.11. The number of rotatable bonds is 7. The zero-order chi connectivity index (χ0) is 19.3. The number of hydrogen-bond acceptors (Lipinski definition) is 4. The maximum Gasteiger partial charge on any atom is 0.261 e. The fraction of sp³-hybridized carbons (Fsp3) is 0.316. The van der Waals surface area contributed by atoms with Crippen LogP contribution in [-0.4, -0.2) is 27.5 Å². The minimum Gasteiger partial charge on any atom is -0.497 e. The van der Waals surface area contributed by atoms with Gasteiger partial charge in [-0.05, 0) is 55.3 Å². The van der Waals surface area contributed by atoms with Crippen molar-refractivity contribution in [2.24, 2.45) is 5.92 Å². The van der Waals surface area contributed by atoms with Crippen LogP contribution in [0.4, 0.5) is 5.69 Å². The van der Waals surface area contributed by atoms with Crippen molar-refractivity contribution in [1.82, 2.24) is 5.32 Å². The average Bonchev–Trinajstić information content (AvgIpc) is 2.62. The molecule has 2 rings (SSSR count). The quantitative estimate of drug-likeness (QED) is 0.777. The maximum atomic E-state index is 12.6. The van der Waals surface area contributed by atoms with Crippen molar-refractivity contribution in [1.29, 1.82) is 0 Å². The van der Waals surface area contributed by atoms with Gasteiger partial charge in [-0.25, -0.2) is 8.42 Å². The number of carbonyl (C=O) groups is 1. The van der Waals surface area contributed by atoms with Crippen LogP contribution >= 0.6 is 0 Å². The highest BCUT2D eigenvalue weighted by Crippen LogP contribution is 2.20. The highest BCUT2D eigenvalue weighted by Gasteiger charge is 2.18. The van der Waals surface area contributed by atoms with Crippen LogP contribution in [-0.2, 0) is 10.0 Å². The van der Waals surface area contributed by atoms with Crippen molar-refractivity contribution in [2.45, 2.75) is 31.7 Å². The highest BCUT2D eigenvalue weighted by atomic mass is 32.2. The molecule has 0 aliphatic rings. The van der Waals surface area contributed by atoms with Crippen LogP contribution in [0.5, 0.6) is 5.75 Å². The summed E-state index contributed by atoms with van der Waals surface area (Å²) >= 11 is 0. The molecule has 0 radical (unpaired) electrons. The Kier molecular flexibility index (Phi) is 6.26. The van der Waals surface area contributed by atoms with Gasteiger partial charge in [-0.2, -0.15) is 0 Å². The van der Waals surface area contributed by atoms with E-state index in [1.807, 2.05) is 20.8 Å². The molecule has 0 unspecified atom stereocenters. The van der Waals surface area contributed by atoms with Gasteiger partial charge < -0.3 is 10.1 Å². The normalized spacial score (nSPS) is 12.5. The zero-order valence-electron chi connectivity index (χ0n) is 15.3. The van der Waals surface area contributed by atoms with Crippen LogP contribution in [0.1, 0.15) is 31.1 Å². The molecule has 140 valence electrons. The van der Waals surface area contributed by atoms with E-state index in [0.29, 0.717) is 17.0 Å². The molecule has 1 amide bonds. The van der Waals surface area contributed by atoms with Crippen LogP contribution in [0.15, 0.2) is 53.4 Å². The Morgan fingerprint density at radius 1 is 1.04 bits per heavy atom. The van der Waals surface area contributed by atoms with Gasteiger partial charge >= 0.3 is 0 Å². The number of anilines is 1. The van der Waals surface area contributed by atoms with E-state index in [1.165, 1.54) is 19.2 Å². The van der Waals surface area contributed by atoms with Crippen molar-refractivity contribution >= 4 is 21.6 Å². The summed E-state index contributed by atoms with van der Waals surface area (Å²) < 4.78 is 32.7. The zero-order valence-corrected chi connectivity index (χ0v) is 16.1. The van der Waals surface area contributed by atoms with Gasteiger partial charge in [-0.1, -0.05) is 19.9 Å². The van der Waals surface area contributed by atoms with E-state index < -0.39 is 10.0 Å². The second kappa shape index (κ2) is 8.23. The van der Waals surface area contributed by atoms with Gasteiger partial charge in [0.2, 0.25) is 0 Å². The minimum absolute atomic E-state index is 0.0137. The molecule has 0 aliphatic carbocycles. The van der Waals surface area contributed by atoms with Crippen molar-refractivity contribution < 1.29 is 17.9 Å². The molecule has 26 heavy (non-hydrogen) atoms. The minimum atomic E-state index is -3.80. The third kappa shape index (κ3) is 4.98. The Bertz CT molecular complexity index is 861. The molecule has 1 atom stereocenters. The van der Waals surface area contributed by atoms with E-state index in [1.54, 1.807) is 36.4 Å². The number of carbonyl (C=O) groups excluding carboxylic acids is 1. The first-order valence-electron chi connectivity index (χ1n) is 8.30. The van der Waals surface area contributed by atoms with Crippen LogP contribution < -0.4 is 14.8 Å². The third-order valence-corrected chi connectivity index (χ3v) is 5.49. The molecule has 6 nitrogen and oxygen atoms in total. The van der Waals surface area contributed by atoms with Gasteiger partial charge in [-0.3, -0.25) is 9.52 Å². The molecule has 0 saturated carbocycles. The number of benzene rings is 2. The second-order valence-electron chi connectivity index (χ2n) is 6.37. The van der Waals surface area contributed by atoms with Crippen LogP contribution in [0, 0.1) is 5.92 Å². The van der Waals surface area contributed by atoms with Crippen molar-refractivity contribution in [2.75, 3.05) is 11.8 Å². The van der Waals surface area contributed by atoms with E-state index >= 15 is 0 Å². The fourth-order valence-electron chi connectivity index (χ4n) is 2.13. The van der Waals surface area contributed by atoms with Crippen LogP contribution in [0.25, 0.3) is 0 Å². The topological polar surface area (TPSA) is 84.5 Å². The number of nitrogens with one attached hydrogen (secondary N) is 2. The standard InChI is InChI=1S/C19H24N2O4S/c1-13(2)14(3)20-19(22)15-6-5-7-18(12-15)26(23,24)21-16-8-10-17(25-4)11-9-16/h5-14,21H,1-4H3,(H,20,22)/t14-/m0/s1. The van der Waals surface area contributed by atoms with Gasteiger partial charge in [0.15, 0.2) is 0 Å². The number of sulfonamides is 1. The van der Waals surface area contributed by atoms with Crippen LogP contribution in [0.3, 0.4) is 0 Å². The number of hydrogen-bond donors (Lipinski definition) is 2. The number of ether oxygens (including phenoxy) is 1. The second-order valence-corrected chi connectivity index (χ2v) is 8.05. The molecular weight excluding hydrogens is 352 g/mol. The van der Waals surface area contributed by atoms with Gasteiger partial charge in [0.05, 0.1) is 12.0 Å². The summed E-state index contributed by atoms with van der Waals surface area (Å²) in [5, 5.41) is 2.87. The molecule has 0 heterocycles. The number of methoxy groups -OCH3 is 1. The summed E-state index contributed by atoms with van der Waals surface area (Å²) in [7, 11) is -2.27. The molecule has 0 fully saturated rings. The lowest BCUT2D eigenvalue weighted by Gasteiger charge is -2.17. The Labute approximate surface area is 154 Å². The molecule has 0 spiro atoms. The maximum absolute atomic E-state index is 12.6. The molecule has 0 saturated heterocycles. The lowest BCUT2D eigenvalue weighted by molar-refractivity contribution is 0.0930. The first-order valence-corrected chi connectivity index (χ1v) is 9.79. The summed E-state index contributed by atoms with van der Waals surface area (Å²) in [6.45, 7) is 5.92. The van der Waals surface area contributed by atoms with Crippen LogP contribution in [0.2, 0.25) is 0 Å². The summed E-state index contributed by atoms with van der Waals surface area (Å²) in [6, 6.07) is 12.5. The van der Waals surface area contributed by atoms with Gasteiger partial charge in [-0.15, -0.1) is 0 Å². The van der Waals surface area contributed by atoms with E-state index in [2.05, 4.69) is 10.0 Å². The SMILES string of the molecule is COc1ccc(NS(=O)(=O)c2cccc(C(=O)N[C@@H](C)C(C)C)c2)cc1. The monoisotopic (exact) mass is 376 g/mol. The molecule has 2 aromatic carbocycles. The lowest BCUT2D eigenvalue weighted by Crippen LogP contribution is -2.36. The predicted molar refractivity (Wildman–Crippen MR) is 102 cm³/mol. The smallest absolute Gasteiger partial charge is 0.261 e. The molecule has 7 heteroatoms. The van der Waals surface area contributed by atoms with Crippen molar-refractivity contribution in [3.05, 3.63) is 54.1 Å². The Morgan fingerprint density at radius 3 is 2.27 bits per heavy atom. The fourth-order valence-corrected chi connectivity index (χ4v) is 3.24. The Morgan fingerprint density at radius 2 is 1.69 bits per heavy atom. The van der Waals surface area contributed by atoms with E-state index in [4.69, 9.17) is 4.74 Å². The Hall–Kier alpha value is -2.54. The van der Waals surface area contributed by atoms with Gasteiger partial charge in [0, 0.05) is 17.3 Å². The molecule has 0 bridgehead atoms. The molecule has 2 N–H and O–H groups in total. The van der Waals surface area contributed by atoms with E-state index in [9.17, 15) is 13.2 Å². The molecule has 0 aliphatic heterocycles. The van der Waals surface area contributed by atoms with E-state index in [-0.39, 0.29) is 22.8 Å². The predicted octanol–water partition coefficient (Wildman–Crippen LogP) is 3.27. The summed E-state index contributed by atoms with van der Waals surface area (Å²) in [6.07, 6.45) is 0. The first kappa shape index (κ1) is 19.8. The molecule has 2 aromatic rings.